The predicted molar refractivity (Wildman–Crippen MR) is 135 cm³/mol. The van der Waals surface area contributed by atoms with E-state index in [1.165, 1.54) is 39.1 Å². The fourth-order valence-electron chi connectivity index (χ4n) is 3.46. The van der Waals surface area contributed by atoms with Crippen molar-refractivity contribution in [2.75, 3.05) is 11.1 Å². The van der Waals surface area contributed by atoms with E-state index in [9.17, 15) is 4.79 Å². The molecule has 0 saturated carbocycles. The van der Waals surface area contributed by atoms with Gasteiger partial charge in [0, 0.05) is 33.3 Å². The Balaban J connectivity index is 1.41. The molecular formula is C23H25N5OS3. The van der Waals surface area contributed by atoms with Gasteiger partial charge in [-0.2, -0.15) is 0 Å². The number of rotatable bonds is 8. The lowest BCUT2D eigenvalue weighted by Gasteiger charge is -2.08. The monoisotopic (exact) mass is 483 g/mol. The van der Waals surface area contributed by atoms with Gasteiger partial charge in [0.2, 0.25) is 5.91 Å². The van der Waals surface area contributed by atoms with Crippen LogP contribution in [0.1, 0.15) is 29.9 Å². The Bertz CT molecular complexity index is 1220. The Morgan fingerprint density at radius 1 is 1.09 bits per heavy atom. The van der Waals surface area contributed by atoms with Crippen LogP contribution in [0.3, 0.4) is 0 Å². The Morgan fingerprint density at radius 3 is 2.59 bits per heavy atom. The molecule has 0 spiro atoms. The van der Waals surface area contributed by atoms with Crippen molar-refractivity contribution in [3.05, 3.63) is 51.0 Å². The quantitative estimate of drug-likeness (QED) is 0.308. The highest BCUT2D eigenvalue weighted by Gasteiger charge is 2.19. The standard InChI is InChI=1S/C23H25N5OS3/c1-5-17-15(4)30-11-18(17)21-26-27-23(28(21)6-2)32-13-20(29)25-22-24-19(12-31-22)16-9-7-14(3)8-10-16/h7-12H,5-6,13H2,1-4H3,(H,24,25,29). The number of aromatic nitrogens is 4. The number of carbonyl (C=O) groups excluding carboxylic acids is 1. The third kappa shape index (κ3) is 4.79. The van der Waals surface area contributed by atoms with Crippen molar-refractivity contribution in [1.82, 2.24) is 19.7 Å². The number of thiazole rings is 1. The third-order valence-corrected chi connectivity index (χ3v) is 7.84. The molecule has 1 amide bonds. The van der Waals surface area contributed by atoms with E-state index < -0.39 is 0 Å². The van der Waals surface area contributed by atoms with Crippen LogP contribution in [0.4, 0.5) is 5.13 Å². The number of carbonyl (C=O) groups is 1. The zero-order valence-corrected chi connectivity index (χ0v) is 21.0. The molecule has 0 aliphatic heterocycles. The van der Waals surface area contributed by atoms with Crippen molar-refractivity contribution in [1.29, 1.82) is 0 Å². The molecule has 0 aliphatic rings. The smallest absolute Gasteiger partial charge is 0.236 e. The zero-order chi connectivity index (χ0) is 22.7. The summed E-state index contributed by atoms with van der Waals surface area (Å²) in [5, 5.41) is 17.2. The summed E-state index contributed by atoms with van der Waals surface area (Å²) in [5.74, 6) is 1.02. The van der Waals surface area contributed by atoms with Crippen LogP contribution < -0.4 is 5.32 Å². The highest BCUT2D eigenvalue weighted by Crippen LogP contribution is 2.32. The van der Waals surface area contributed by atoms with Gasteiger partial charge in [0.15, 0.2) is 16.1 Å². The SMILES string of the molecule is CCc1c(-c2nnc(SCC(=O)Nc3nc(-c4ccc(C)cc4)cs3)n2CC)csc1C. The number of hydrogen-bond donors (Lipinski definition) is 1. The number of hydrogen-bond acceptors (Lipinski definition) is 7. The minimum absolute atomic E-state index is 0.104. The number of amides is 1. The molecule has 1 aromatic carbocycles. The average Bonchev–Trinajstić information content (AvgIpc) is 3.50. The first-order valence-electron chi connectivity index (χ1n) is 10.5. The zero-order valence-electron chi connectivity index (χ0n) is 18.5. The van der Waals surface area contributed by atoms with Gasteiger partial charge in [-0.1, -0.05) is 48.5 Å². The molecule has 6 nitrogen and oxygen atoms in total. The van der Waals surface area contributed by atoms with E-state index in [-0.39, 0.29) is 11.7 Å². The van der Waals surface area contributed by atoms with Gasteiger partial charge in [0.05, 0.1) is 11.4 Å². The molecule has 0 saturated heterocycles. The number of nitrogens with zero attached hydrogens (tertiary/aromatic N) is 4. The van der Waals surface area contributed by atoms with Crippen molar-refractivity contribution in [2.45, 2.75) is 45.8 Å². The first-order valence-corrected chi connectivity index (χ1v) is 13.2. The van der Waals surface area contributed by atoms with E-state index in [2.05, 4.69) is 70.3 Å². The van der Waals surface area contributed by atoms with Crippen LogP contribution in [-0.2, 0) is 17.8 Å². The maximum absolute atomic E-state index is 12.5. The summed E-state index contributed by atoms with van der Waals surface area (Å²) in [5.41, 5.74) is 5.58. The molecule has 32 heavy (non-hydrogen) atoms. The van der Waals surface area contributed by atoms with Crippen LogP contribution in [0.25, 0.3) is 22.6 Å². The molecule has 0 radical (unpaired) electrons. The molecule has 0 bridgehead atoms. The predicted octanol–water partition coefficient (Wildman–Crippen LogP) is 6.06. The molecule has 1 N–H and O–H groups in total. The largest absolute Gasteiger partial charge is 0.302 e. The van der Waals surface area contributed by atoms with Crippen molar-refractivity contribution < 1.29 is 4.79 Å². The maximum atomic E-state index is 12.5. The van der Waals surface area contributed by atoms with E-state index >= 15 is 0 Å². The Kier molecular flexibility index (Phi) is 7.07. The molecule has 4 rings (SSSR count). The molecule has 3 aromatic heterocycles. The second-order valence-corrected chi connectivity index (χ2v) is 10.2. The van der Waals surface area contributed by atoms with E-state index in [1.807, 2.05) is 17.5 Å². The highest BCUT2D eigenvalue weighted by atomic mass is 32.2. The first kappa shape index (κ1) is 22.7. The fraction of sp³-hybridized carbons (Fsp3) is 0.304. The van der Waals surface area contributed by atoms with Crippen molar-refractivity contribution in [2.24, 2.45) is 0 Å². The van der Waals surface area contributed by atoms with Gasteiger partial charge in [0.1, 0.15) is 0 Å². The number of nitrogens with one attached hydrogen (secondary N) is 1. The molecule has 0 unspecified atom stereocenters. The van der Waals surface area contributed by atoms with E-state index in [4.69, 9.17) is 0 Å². The van der Waals surface area contributed by atoms with Gasteiger partial charge in [-0.05, 0) is 32.8 Å². The molecular weight excluding hydrogens is 458 g/mol. The molecule has 166 valence electrons. The summed E-state index contributed by atoms with van der Waals surface area (Å²) >= 11 is 4.57. The molecule has 0 fully saturated rings. The van der Waals surface area contributed by atoms with Crippen LogP contribution in [0.5, 0.6) is 0 Å². The number of anilines is 1. The first-order chi connectivity index (χ1) is 15.5. The van der Waals surface area contributed by atoms with Crippen LogP contribution in [0.15, 0.2) is 40.2 Å². The van der Waals surface area contributed by atoms with E-state index in [0.29, 0.717) is 5.13 Å². The summed E-state index contributed by atoms with van der Waals surface area (Å²) in [7, 11) is 0. The average molecular weight is 484 g/mol. The lowest BCUT2D eigenvalue weighted by Crippen LogP contribution is -2.14. The summed E-state index contributed by atoms with van der Waals surface area (Å²) in [6.07, 6.45) is 0.963. The molecule has 3 heterocycles. The summed E-state index contributed by atoms with van der Waals surface area (Å²) in [4.78, 5) is 18.4. The number of thiophene rings is 1. The minimum Gasteiger partial charge on any atom is -0.302 e. The number of benzene rings is 1. The summed E-state index contributed by atoms with van der Waals surface area (Å²) in [6, 6.07) is 8.20. The normalized spacial score (nSPS) is 11.1. The Labute approximate surface area is 200 Å². The second-order valence-electron chi connectivity index (χ2n) is 7.33. The lowest BCUT2D eigenvalue weighted by atomic mass is 10.1. The number of aryl methyl sites for hydroxylation is 2. The van der Waals surface area contributed by atoms with Crippen LogP contribution in [0.2, 0.25) is 0 Å². The summed E-state index contributed by atoms with van der Waals surface area (Å²) in [6.45, 7) is 9.18. The maximum Gasteiger partial charge on any atom is 0.236 e. The molecule has 9 heteroatoms. The second kappa shape index (κ2) is 9.97. The van der Waals surface area contributed by atoms with Gasteiger partial charge in [0.25, 0.3) is 0 Å². The van der Waals surface area contributed by atoms with Crippen molar-refractivity contribution in [3.8, 4) is 22.6 Å². The Hall–Kier alpha value is -2.49. The van der Waals surface area contributed by atoms with Gasteiger partial charge in [-0.3, -0.25) is 4.79 Å². The lowest BCUT2D eigenvalue weighted by molar-refractivity contribution is -0.113. The van der Waals surface area contributed by atoms with Crippen LogP contribution in [0, 0.1) is 13.8 Å². The summed E-state index contributed by atoms with van der Waals surface area (Å²) < 4.78 is 2.08. The molecule has 0 aliphatic carbocycles. The van der Waals surface area contributed by atoms with Crippen LogP contribution in [-0.4, -0.2) is 31.4 Å². The highest BCUT2D eigenvalue weighted by molar-refractivity contribution is 7.99. The molecule has 0 atom stereocenters. The Morgan fingerprint density at radius 2 is 1.88 bits per heavy atom. The van der Waals surface area contributed by atoms with E-state index in [1.54, 1.807) is 11.3 Å². The van der Waals surface area contributed by atoms with Gasteiger partial charge < -0.3 is 9.88 Å². The topological polar surface area (TPSA) is 72.7 Å². The fourth-order valence-corrected chi connectivity index (χ4v) is 5.94. The van der Waals surface area contributed by atoms with Crippen molar-refractivity contribution in [3.63, 3.8) is 0 Å². The number of thioether (sulfide) groups is 1. The minimum atomic E-state index is -0.104. The third-order valence-electron chi connectivity index (χ3n) is 5.16. The van der Waals surface area contributed by atoms with Gasteiger partial charge in [-0.15, -0.1) is 32.9 Å². The van der Waals surface area contributed by atoms with Gasteiger partial charge in [-0.25, -0.2) is 4.98 Å². The molecule has 4 aromatic rings. The van der Waals surface area contributed by atoms with Crippen LogP contribution >= 0.6 is 34.4 Å². The van der Waals surface area contributed by atoms with Gasteiger partial charge >= 0.3 is 0 Å². The van der Waals surface area contributed by atoms with Crippen molar-refractivity contribution >= 4 is 45.5 Å². The van der Waals surface area contributed by atoms with E-state index in [0.717, 1.165) is 40.8 Å².